The Morgan fingerprint density at radius 1 is 1.21 bits per heavy atom. The third kappa shape index (κ3) is 3.91. The maximum absolute atomic E-state index is 13.0. The van der Waals surface area contributed by atoms with Gasteiger partial charge in [0, 0.05) is 28.8 Å². The van der Waals surface area contributed by atoms with E-state index in [9.17, 15) is 14.0 Å². The lowest BCUT2D eigenvalue weighted by molar-refractivity contribution is -0.117. The number of amides is 3. The summed E-state index contributed by atoms with van der Waals surface area (Å²) < 4.78 is 13.8. The third-order valence-electron chi connectivity index (χ3n) is 3.68. The first-order valence-corrected chi connectivity index (χ1v) is 8.19. The molecule has 2 aromatic carbocycles. The number of hydrogen-bond donors (Lipinski definition) is 2. The van der Waals surface area contributed by atoms with Crippen molar-refractivity contribution >= 4 is 39.2 Å². The topological polar surface area (TPSA) is 61.4 Å². The summed E-state index contributed by atoms with van der Waals surface area (Å²) in [5.41, 5.74) is 1.28. The predicted octanol–water partition coefficient (Wildman–Crippen LogP) is 3.52. The van der Waals surface area contributed by atoms with Crippen molar-refractivity contribution < 1.29 is 14.0 Å². The third-order valence-corrected chi connectivity index (χ3v) is 4.17. The van der Waals surface area contributed by atoms with Crippen molar-refractivity contribution in [3.8, 4) is 0 Å². The Morgan fingerprint density at radius 3 is 2.67 bits per heavy atom. The summed E-state index contributed by atoms with van der Waals surface area (Å²) in [7, 11) is 0. The molecule has 7 heteroatoms. The average Bonchev–Trinajstić information content (AvgIpc) is 2.88. The molecule has 0 aromatic heterocycles. The van der Waals surface area contributed by atoms with Crippen LogP contribution in [0.15, 0.2) is 53.0 Å². The molecule has 3 rings (SSSR count). The molecule has 0 bridgehead atoms. The van der Waals surface area contributed by atoms with Crippen molar-refractivity contribution in [3.63, 3.8) is 0 Å². The molecule has 3 amide bonds. The molecular weight excluding hydrogens is 377 g/mol. The first kappa shape index (κ1) is 16.4. The number of carbonyl (C=O) groups excluding carboxylic acids is 2. The molecule has 0 radical (unpaired) electrons. The molecule has 1 unspecified atom stereocenters. The Kier molecular flexibility index (Phi) is 4.80. The molecule has 5 nitrogen and oxygen atoms in total. The minimum absolute atomic E-state index is 0.102. The number of halogens is 2. The number of rotatable bonds is 3. The number of nitrogens with one attached hydrogen (secondary N) is 2. The fourth-order valence-electron chi connectivity index (χ4n) is 2.59. The Bertz CT molecular complexity index is 767. The van der Waals surface area contributed by atoms with Crippen LogP contribution < -0.4 is 15.5 Å². The molecule has 124 valence electrons. The molecule has 1 heterocycles. The monoisotopic (exact) mass is 391 g/mol. The first-order chi connectivity index (χ1) is 11.5. The molecule has 24 heavy (non-hydrogen) atoms. The predicted molar refractivity (Wildman–Crippen MR) is 93.5 cm³/mol. The van der Waals surface area contributed by atoms with Crippen molar-refractivity contribution in [2.75, 3.05) is 16.8 Å². The van der Waals surface area contributed by atoms with Crippen molar-refractivity contribution in [1.82, 2.24) is 5.32 Å². The van der Waals surface area contributed by atoms with Gasteiger partial charge in [0.2, 0.25) is 5.91 Å². The number of anilines is 2. The number of urea groups is 1. The average molecular weight is 392 g/mol. The van der Waals surface area contributed by atoms with Gasteiger partial charge >= 0.3 is 6.03 Å². The number of hydrogen-bond acceptors (Lipinski definition) is 2. The molecule has 1 fully saturated rings. The Morgan fingerprint density at radius 2 is 1.96 bits per heavy atom. The highest BCUT2D eigenvalue weighted by Crippen LogP contribution is 2.22. The number of carbonyl (C=O) groups is 2. The van der Waals surface area contributed by atoms with Gasteiger partial charge in [-0.2, -0.15) is 0 Å². The standard InChI is InChI=1S/C17H15BrFN3O2/c18-11-2-1-3-13(8-11)20-17(24)21-14-9-16(23)22(10-14)15-6-4-12(19)5-7-15/h1-8,14H,9-10H2,(H2,20,21,24). The van der Waals surface area contributed by atoms with Crippen LogP contribution in [0.4, 0.5) is 20.6 Å². The summed E-state index contributed by atoms with van der Waals surface area (Å²) in [5.74, 6) is -0.456. The lowest BCUT2D eigenvalue weighted by Gasteiger charge is -2.17. The summed E-state index contributed by atoms with van der Waals surface area (Å²) in [6, 6.07) is 12.3. The summed E-state index contributed by atoms with van der Waals surface area (Å²) >= 11 is 3.34. The minimum Gasteiger partial charge on any atom is -0.333 e. The summed E-state index contributed by atoms with van der Waals surface area (Å²) in [6.45, 7) is 0.358. The highest BCUT2D eigenvalue weighted by Gasteiger charge is 2.31. The van der Waals surface area contributed by atoms with E-state index in [2.05, 4.69) is 26.6 Å². The van der Waals surface area contributed by atoms with Gasteiger partial charge in [-0.15, -0.1) is 0 Å². The molecule has 1 aliphatic rings. The largest absolute Gasteiger partial charge is 0.333 e. The fraction of sp³-hybridized carbons (Fsp3) is 0.176. The van der Waals surface area contributed by atoms with Gasteiger partial charge in [-0.05, 0) is 42.5 Å². The van der Waals surface area contributed by atoms with Gasteiger partial charge in [0.25, 0.3) is 0 Å². The van der Waals surface area contributed by atoms with Crippen LogP contribution in [0.1, 0.15) is 6.42 Å². The zero-order chi connectivity index (χ0) is 17.1. The van der Waals surface area contributed by atoms with Crippen LogP contribution in [-0.2, 0) is 4.79 Å². The second-order valence-corrected chi connectivity index (χ2v) is 6.41. The zero-order valence-corrected chi connectivity index (χ0v) is 14.2. The van der Waals surface area contributed by atoms with Crippen molar-refractivity contribution in [2.45, 2.75) is 12.5 Å². The lowest BCUT2D eigenvalue weighted by atomic mass is 10.2. The quantitative estimate of drug-likeness (QED) is 0.840. The van der Waals surface area contributed by atoms with E-state index in [0.717, 1.165) is 4.47 Å². The SMILES string of the molecule is O=C(Nc1cccc(Br)c1)NC1CC(=O)N(c2ccc(F)cc2)C1. The van der Waals surface area contributed by atoms with Gasteiger partial charge in [-0.3, -0.25) is 4.79 Å². The highest BCUT2D eigenvalue weighted by atomic mass is 79.9. The Hall–Kier alpha value is -2.41. The lowest BCUT2D eigenvalue weighted by Crippen LogP contribution is -2.39. The second kappa shape index (κ2) is 7.00. The van der Waals surface area contributed by atoms with Crippen molar-refractivity contribution in [3.05, 3.63) is 58.8 Å². The van der Waals surface area contributed by atoms with Gasteiger partial charge in [0.15, 0.2) is 0 Å². The maximum atomic E-state index is 13.0. The molecule has 1 atom stereocenters. The maximum Gasteiger partial charge on any atom is 0.319 e. The molecular formula is C17H15BrFN3O2. The van der Waals surface area contributed by atoms with Crippen LogP contribution in [0.3, 0.4) is 0 Å². The van der Waals surface area contributed by atoms with Gasteiger partial charge in [0.05, 0.1) is 6.04 Å². The van der Waals surface area contributed by atoms with E-state index in [1.54, 1.807) is 29.2 Å². The van der Waals surface area contributed by atoms with Gasteiger partial charge in [-0.1, -0.05) is 22.0 Å². The van der Waals surface area contributed by atoms with E-state index in [4.69, 9.17) is 0 Å². The van der Waals surface area contributed by atoms with Crippen LogP contribution >= 0.6 is 15.9 Å². The van der Waals surface area contributed by atoms with Gasteiger partial charge < -0.3 is 15.5 Å². The van der Waals surface area contributed by atoms with Crippen LogP contribution in [0.2, 0.25) is 0 Å². The van der Waals surface area contributed by atoms with Crippen LogP contribution in [0.5, 0.6) is 0 Å². The zero-order valence-electron chi connectivity index (χ0n) is 12.6. The van der Waals surface area contributed by atoms with E-state index < -0.39 is 0 Å². The van der Waals surface area contributed by atoms with Crippen molar-refractivity contribution in [2.24, 2.45) is 0 Å². The molecule has 1 aliphatic heterocycles. The molecule has 0 aliphatic carbocycles. The summed E-state index contributed by atoms with van der Waals surface area (Å²) in [4.78, 5) is 25.7. The molecule has 2 N–H and O–H groups in total. The second-order valence-electron chi connectivity index (χ2n) is 5.49. The Balaban J connectivity index is 1.59. The van der Waals surface area contributed by atoms with E-state index >= 15 is 0 Å². The van der Waals surface area contributed by atoms with Crippen LogP contribution in [0, 0.1) is 5.82 Å². The van der Waals surface area contributed by atoms with Crippen molar-refractivity contribution in [1.29, 1.82) is 0 Å². The first-order valence-electron chi connectivity index (χ1n) is 7.40. The summed E-state index contributed by atoms with van der Waals surface area (Å²) in [6.07, 6.45) is 0.212. The molecule has 2 aromatic rings. The molecule has 1 saturated heterocycles. The molecule has 0 spiro atoms. The van der Waals surface area contributed by atoms with E-state index in [0.29, 0.717) is 17.9 Å². The van der Waals surface area contributed by atoms with Crippen LogP contribution in [-0.4, -0.2) is 24.5 Å². The smallest absolute Gasteiger partial charge is 0.319 e. The van der Waals surface area contributed by atoms with E-state index in [1.165, 1.54) is 12.1 Å². The van der Waals surface area contributed by atoms with E-state index in [1.807, 2.05) is 12.1 Å². The Labute approximate surface area is 147 Å². The van der Waals surface area contributed by atoms with Crippen LogP contribution in [0.25, 0.3) is 0 Å². The fourth-order valence-corrected chi connectivity index (χ4v) is 2.99. The highest BCUT2D eigenvalue weighted by molar-refractivity contribution is 9.10. The number of benzene rings is 2. The number of nitrogens with zero attached hydrogens (tertiary/aromatic N) is 1. The van der Waals surface area contributed by atoms with Gasteiger partial charge in [-0.25, -0.2) is 9.18 Å². The minimum atomic E-state index is -0.369. The normalized spacial score (nSPS) is 17.0. The van der Waals surface area contributed by atoms with E-state index in [-0.39, 0.29) is 30.2 Å². The van der Waals surface area contributed by atoms with Gasteiger partial charge in [0.1, 0.15) is 5.82 Å². The summed E-state index contributed by atoms with van der Waals surface area (Å²) in [5, 5.41) is 5.51. The molecule has 0 saturated carbocycles.